The van der Waals surface area contributed by atoms with Crippen molar-refractivity contribution in [2.24, 2.45) is 5.92 Å². The first-order valence-corrected chi connectivity index (χ1v) is 13.1. The lowest BCUT2D eigenvalue weighted by atomic mass is 9.90. The maximum Gasteiger partial charge on any atom is 0.165 e. The van der Waals surface area contributed by atoms with Gasteiger partial charge in [-0.1, -0.05) is 83.9 Å². The quantitative estimate of drug-likeness (QED) is 0.240. The van der Waals surface area contributed by atoms with E-state index in [1.165, 1.54) is 5.56 Å². The molecular weight excluding hydrogens is 487 g/mol. The predicted octanol–water partition coefficient (Wildman–Crippen LogP) is 7.83. The van der Waals surface area contributed by atoms with E-state index < -0.39 is 0 Å². The highest BCUT2D eigenvalue weighted by atomic mass is 35.5. The van der Waals surface area contributed by atoms with Crippen LogP contribution in [0.15, 0.2) is 91.1 Å². The smallest absolute Gasteiger partial charge is 0.165 e. The molecule has 0 radical (unpaired) electrons. The Morgan fingerprint density at radius 1 is 0.806 bits per heavy atom. The van der Waals surface area contributed by atoms with Crippen molar-refractivity contribution in [2.45, 2.75) is 19.3 Å². The van der Waals surface area contributed by atoms with Crippen molar-refractivity contribution >= 4 is 34.7 Å². The molecule has 1 aliphatic rings. The number of benzene rings is 3. The zero-order valence-corrected chi connectivity index (χ0v) is 21.3. The molecule has 180 valence electrons. The number of hydrogen-bond acceptors (Lipinski definition) is 3. The van der Waals surface area contributed by atoms with Gasteiger partial charge >= 0.3 is 0 Å². The maximum atomic E-state index is 6.64. The number of piperidine rings is 1. The van der Waals surface area contributed by atoms with E-state index in [1.807, 2.05) is 59.2 Å². The average molecular weight is 513 g/mol. The fourth-order valence-electron chi connectivity index (χ4n) is 5.21. The first-order chi connectivity index (χ1) is 17.7. The lowest BCUT2D eigenvalue weighted by molar-refractivity contribution is 0.401. The third kappa shape index (κ3) is 4.47. The Hall–Kier alpha value is -3.34. The Labute approximate surface area is 221 Å². The molecule has 1 saturated heterocycles. The van der Waals surface area contributed by atoms with E-state index in [4.69, 9.17) is 33.3 Å². The molecule has 0 amide bonds. The molecule has 1 fully saturated rings. The zero-order valence-electron chi connectivity index (χ0n) is 19.8. The fourth-order valence-corrected chi connectivity index (χ4v) is 5.56. The molecule has 0 unspecified atom stereocenters. The van der Waals surface area contributed by atoms with Crippen molar-refractivity contribution in [3.63, 3.8) is 0 Å². The lowest BCUT2D eigenvalue weighted by Gasteiger charge is -2.33. The van der Waals surface area contributed by atoms with Gasteiger partial charge < -0.3 is 4.90 Å². The van der Waals surface area contributed by atoms with Gasteiger partial charge in [-0.05, 0) is 60.6 Å². The van der Waals surface area contributed by atoms with Gasteiger partial charge in [-0.3, -0.25) is 0 Å². The second kappa shape index (κ2) is 9.96. The number of rotatable bonds is 5. The van der Waals surface area contributed by atoms with Crippen LogP contribution in [0.3, 0.4) is 0 Å². The van der Waals surface area contributed by atoms with Crippen molar-refractivity contribution in [2.75, 3.05) is 18.0 Å². The molecule has 5 aromatic rings. The molecule has 3 heterocycles. The highest BCUT2D eigenvalue weighted by Crippen LogP contribution is 2.39. The van der Waals surface area contributed by atoms with E-state index in [0.717, 1.165) is 66.2 Å². The summed E-state index contributed by atoms with van der Waals surface area (Å²) in [5.41, 5.74) is 5.92. The van der Waals surface area contributed by atoms with Crippen LogP contribution in [0.25, 0.3) is 28.0 Å². The Morgan fingerprint density at radius 3 is 2.28 bits per heavy atom. The number of halogens is 2. The van der Waals surface area contributed by atoms with Crippen LogP contribution < -0.4 is 4.90 Å². The Kier molecular flexibility index (Phi) is 6.39. The summed E-state index contributed by atoms with van der Waals surface area (Å²) < 4.78 is 1.99. The van der Waals surface area contributed by atoms with Crippen molar-refractivity contribution in [3.05, 3.63) is 107 Å². The number of anilines is 1. The van der Waals surface area contributed by atoms with E-state index in [-0.39, 0.29) is 0 Å². The van der Waals surface area contributed by atoms with Gasteiger partial charge in [-0.25, -0.2) is 4.98 Å². The predicted molar refractivity (Wildman–Crippen MR) is 149 cm³/mol. The average Bonchev–Trinajstić information content (AvgIpc) is 3.30. The molecule has 3 aromatic carbocycles. The maximum absolute atomic E-state index is 6.64. The Morgan fingerprint density at radius 2 is 1.53 bits per heavy atom. The molecule has 6 heteroatoms. The van der Waals surface area contributed by atoms with Gasteiger partial charge in [0.2, 0.25) is 0 Å². The molecule has 0 saturated carbocycles. The van der Waals surface area contributed by atoms with Gasteiger partial charge in [0.15, 0.2) is 5.65 Å². The van der Waals surface area contributed by atoms with Gasteiger partial charge in [0.05, 0.1) is 10.6 Å². The summed E-state index contributed by atoms with van der Waals surface area (Å²) in [7, 11) is 0. The topological polar surface area (TPSA) is 33.4 Å². The summed E-state index contributed by atoms with van der Waals surface area (Å²) in [6, 6.07) is 28.6. The molecule has 36 heavy (non-hydrogen) atoms. The number of nitrogens with zero attached hydrogens (tertiary/aromatic N) is 4. The van der Waals surface area contributed by atoms with Crippen LogP contribution in [0.5, 0.6) is 0 Å². The molecular formula is C30H26Cl2N4. The highest BCUT2D eigenvalue weighted by molar-refractivity contribution is 6.33. The van der Waals surface area contributed by atoms with Crippen molar-refractivity contribution in [1.29, 1.82) is 0 Å². The van der Waals surface area contributed by atoms with Gasteiger partial charge in [0, 0.05) is 29.9 Å². The first-order valence-electron chi connectivity index (χ1n) is 12.3. The van der Waals surface area contributed by atoms with Gasteiger partial charge in [-0.15, -0.1) is 0 Å². The van der Waals surface area contributed by atoms with Gasteiger partial charge in [-0.2, -0.15) is 9.61 Å². The number of hydrogen-bond donors (Lipinski definition) is 0. The van der Waals surface area contributed by atoms with Gasteiger partial charge in [0.25, 0.3) is 0 Å². The molecule has 0 atom stereocenters. The first kappa shape index (κ1) is 23.1. The molecule has 4 nitrogen and oxygen atoms in total. The minimum absolute atomic E-state index is 0.666. The number of aromatic nitrogens is 3. The minimum atomic E-state index is 0.666. The SMILES string of the molecule is Clc1ccc(-c2c(-c3ccccc3Cl)nn3c(N4CCC(Cc5ccccc5)CC4)ccnc23)cc1. The molecule has 0 spiro atoms. The van der Waals surface area contributed by atoms with E-state index in [0.29, 0.717) is 16.0 Å². The highest BCUT2D eigenvalue weighted by Gasteiger charge is 2.25. The second-order valence-electron chi connectivity index (χ2n) is 9.37. The van der Waals surface area contributed by atoms with Crippen LogP contribution >= 0.6 is 23.2 Å². The molecule has 1 aliphatic heterocycles. The van der Waals surface area contributed by atoms with Crippen molar-refractivity contribution in [1.82, 2.24) is 14.6 Å². The summed E-state index contributed by atoms with van der Waals surface area (Å²) in [6.45, 7) is 1.99. The summed E-state index contributed by atoms with van der Waals surface area (Å²) in [4.78, 5) is 7.22. The van der Waals surface area contributed by atoms with Crippen molar-refractivity contribution in [3.8, 4) is 22.4 Å². The Balaban J connectivity index is 1.38. The van der Waals surface area contributed by atoms with Crippen LogP contribution in [0.1, 0.15) is 18.4 Å². The van der Waals surface area contributed by atoms with Crippen LogP contribution in [-0.2, 0) is 6.42 Å². The third-order valence-electron chi connectivity index (χ3n) is 7.07. The van der Waals surface area contributed by atoms with Gasteiger partial charge in [0.1, 0.15) is 11.5 Å². The monoisotopic (exact) mass is 512 g/mol. The fraction of sp³-hybridized carbons (Fsp3) is 0.200. The molecule has 0 bridgehead atoms. The molecule has 0 N–H and O–H groups in total. The van der Waals surface area contributed by atoms with Crippen LogP contribution in [-0.4, -0.2) is 27.7 Å². The largest absolute Gasteiger partial charge is 0.356 e. The van der Waals surface area contributed by atoms with Crippen LogP contribution in [0.4, 0.5) is 5.82 Å². The van der Waals surface area contributed by atoms with E-state index in [2.05, 4.69) is 41.3 Å². The summed E-state index contributed by atoms with van der Waals surface area (Å²) >= 11 is 12.8. The summed E-state index contributed by atoms with van der Waals surface area (Å²) in [5, 5.41) is 6.46. The number of fused-ring (bicyclic) bond motifs is 1. The molecule has 0 aliphatic carbocycles. The van der Waals surface area contributed by atoms with E-state index in [9.17, 15) is 0 Å². The van der Waals surface area contributed by atoms with E-state index >= 15 is 0 Å². The molecule has 6 rings (SSSR count). The minimum Gasteiger partial charge on any atom is -0.356 e. The van der Waals surface area contributed by atoms with E-state index in [1.54, 1.807) is 0 Å². The van der Waals surface area contributed by atoms with Crippen LogP contribution in [0.2, 0.25) is 10.0 Å². The summed E-state index contributed by atoms with van der Waals surface area (Å²) in [6.07, 6.45) is 5.33. The Bertz CT molecular complexity index is 1490. The summed E-state index contributed by atoms with van der Waals surface area (Å²) in [5.74, 6) is 1.76. The van der Waals surface area contributed by atoms with Crippen molar-refractivity contribution < 1.29 is 0 Å². The third-order valence-corrected chi connectivity index (χ3v) is 7.65. The molecule has 2 aromatic heterocycles. The van der Waals surface area contributed by atoms with Crippen LogP contribution in [0, 0.1) is 5.92 Å². The lowest BCUT2D eigenvalue weighted by Crippen LogP contribution is -2.35. The second-order valence-corrected chi connectivity index (χ2v) is 10.2. The standard InChI is InChI=1S/C30H26Cl2N4/c31-24-12-10-23(11-13-24)28-29(25-8-4-5-9-26(25)32)34-36-27(14-17-33-30(28)36)35-18-15-22(16-19-35)20-21-6-2-1-3-7-21/h1-14,17,22H,15-16,18-20H2. The zero-order chi connectivity index (χ0) is 24.5. The normalized spacial score (nSPS) is 14.4.